The van der Waals surface area contributed by atoms with Crippen LogP contribution in [0.5, 0.6) is 11.5 Å². The number of benzene rings is 1. The van der Waals surface area contributed by atoms with Crippen molar-refractivity contribution < 1.29 is 14.3 Å². The van der Waals surface area contributed by atoms with Crippen LogP contribution in [-0.2, 0) is 0 Å². The Morgan fingerprint density at radius 3 is 2.65 bits per heavy atom. The summed E-state index contributed by atoms with van der Waals surface area (Å²) in [6, 6.07) is 6.83. The molecular weight excluding hydrogens is 300 g/mol. The van der Waals surface area contributed by atoms with Crippen LogP contribution in [0.4, 0.5) is 0 Å². The zero-order valence-electron chi connectivity index (χ0n) is 10.8. The van der Waals surface area contributed by atoms with Gasteiger partial charge in [0.15, 0.2) is 22.3 Å². The average Bonchev–Trinajstić information content (AvgIpc) is 2.48. The van der Waals surface area contributed by atoms with Crippen molar-refractivity contribution in [2.24, 2.45) is 0 Å². The number of halogens is 1. The summed E-state index contributed by atoms with van der Waals surface area (Å²) in [5.41, 5.74) is 0.0249. The molecule has 0 aliphatic heterocycles. The van der Waals surface area contributed by atoms with Gasteiger partial charge in [-0.05, 0) is 18.4 Å². The zero-order valence-corrected chi connectivity index (χ0v) is 12.4. The van der Waals surface area contributed by atoms with Crippen molar-refractivity contribution >= 4 is 29.3 Å². The molecular formula is C13H11ClN2O3S. The van der Waals surface area contributed by atoms with Crippen LogP contribution in [-0.4, -0.2) is 29.3 Å². The Labute approximate surface area is 125 Å². The van der Waals surface area contributed by atoms with Gasteiger partial charge in [-0.3, -0.25) is 0 Å². The highest BCUT2D eigenvalue weighted by Crippen LogP contribution is 2.27. The lowest BCUT2D eigenvalue weighted by atomic mass is 10.3. The Kier molecular flexibility index (Phi) is 4.81. The number of thioether (sulfide) groups is 1. The van der Waals surface area contributed by atoms with Gasteiger partial charge in [0.1, 0.15) is 0 Å². The fourth-order valence-electron chi connectivity index (χ4n) is 1.44. The van der Waals surface area contributed by atoms with Gasteiger partial charge >= 0.3 is 5.97 Å². The number of methoxy groups -OCH3 is 1. The summed E-state index contributed by atoms with van der Waals surface area (Å²) in [7, 11) is 1.50. The van der Waals surface area contributed by atoms with Crippen LogP contribution in [0, 0.1) is 0 Å². The lowest BCUT2D eigenvalue weighted by molar-refractivity contribution is 0.0722. The van der Waals surface area contributed by atoms with E-state index in [0.29, 0.717) is 16.7 Å². The number of carbonyl (C=O) groups is 1. The summed E-state index contributed by atoms with van der Waals surface area (Å²) in [5, 5.41) is 0.587. The van der Waals surface area contributed by atoms with Crippen molar-refractivity contribution in [2.45, 2.75) is 5.16 Å². The second kappa shape index (κ2) is 6.58. The maximum atomic E-state index is 12.1. The van der Waals surface area contributed by atoms with Crippen LogP contribution in [0.25, 0.3) is 0 Å². The van der Waals surface area contributed by atoms with E-state index in [9.17, 15) is 4.79 Å². The normalized spacial score (nSPS) is 10.2. The van der Waals surface area contributed by atoms with Crippen LogP contribution >= 0.6 is 23.4 Å². The Balaban J connectivity index is 2.28. The van der Waals surface area contributed by atoms with E-state index in [2.05, 4.69) is 9.97 Å². The number of ether oxygens (including phenoxy) is 2. The van der Waals surface area contributed by atoms with Gasteiger partial charge in [-0.1, -0.05) is 35.5 Å². The molecule has 2 rings (SSSR count). The van der Waals surface area contributed by atoms with Crippen LogP contribution in [0.2, 0.25) is 5.02 Å². The molecule has 1 aromatic carbocycles. The van der Waals surface area contributed by atoms with E-state index in [0.717, 1.165) is 0 Å². The molecule has 0 bridgehead atoms. The highest BCUT2D eigenvalue weighted by Gasteiger charge is 2.18. The second-order valence-corrected chi connectivity index (χ2v) is 4.77. The second-order valence-electron chi connectivity index (χ2n) is 3.59. The third kappa shape index (κ3) is 3.20. The Morgan fingerprint density at radius 2 is 2.00 bits per heavy atom. The molecule has 0 N–H and O–H groups in total. The summed E-state index contributed by atoms with van der Waals surface area (Å²) >= 11 is 7.23. The summed E-state index contributed by atoms with van der Waals surface area (Å²) < 4.78 is 10.4. The summed E-state index contributed by atoms with van der Waals surface area (Å²) in [6.45, 7) is 0. The van der Waals surface area contributed by atoms with E-state index in [1.165, 1.54) is 25.1 Å². The molecule has 1 aromatic heterocycles. The number of hydrogen-bond donors (Lipinski definition) is 0. The fourth-order valence-corrected chi connectivity index (χ4v) is 1.95. The largest absolute Gasteiger partial charge is 0.493 e. The van der Waals surface area contributed by atoms with E-state index in [1.54, 1.807) is 30.5 Å². The van der Waals surface area contributed by atoms with Crippen molar-refractivity contribution in [3.05, 3.63) is 41.2 Å². The SMILES string of the molecule is COc1ccccc1OC(=O)c1nc(SC)ncc1Cl. The maximum absolute atomic E-state index is 12.1. The number of rotatable bonds is 4. The van der Waals surface area contributed by atoms with Crippen LogP contribution in [0.1, 0.15) is 10.5 Å². The standard InChI is InChI=1S/C13H11ClN2O3S/c1-18-9-5-3-4-6-10(9)19-12(17)11-8(14)7-15-13(16-11)20-2/h3-7H,1-2H3. The summed E-state index contributed by atoms with van der Waals surface area (Å²) in [6.07, 6.45) is 3.18. The van der Waals surface area contributed by atoms with Crippen LogP contribution in [0.3, 0.4) is 0 Å². The van der Waals surface area contributed by atoms with Gasteiger partial charge in [-0.2, -0.15) is 0 Å². The highest BCUT2D eigenvalue weighted by molar-refractivity contribution is 7.98. The topological polar surface area (TPSA) is 61.3 Å². The predicted molar refractivity (Wildman–Crippen MR) is 76.8 cm³/mol. The van der Waals surface area contributed by atoms with Crippen LogP contribution < -0.4 is 9.47 Å². The number of hydrogen-bond acceptors (Lipinski definition) is 6. The minimum atomic E-state index is -0.655. The lowest BCUT2D eigenvalue weighted by Crippen LogP contribution is -2.13. The zero-order chi connectivity index (χ0) is 14.5. The number of aromatic nitrogens is 2. The minimum Gasteiger partial charge on any atom is -0.493 e. The van der Waals surface area contributed by atoms with Gasteiger partial charge in [0.05, 0.1) is 18.3 Å². The molecule has 0 atom stereocenters. The van der Waals surface area contributed by atoms with Crippen molar-refractivity contribution in [1.29, 1.82) is 0 Å². The maximum Gasteiger partial charge on any atom is 0.364 e. The predicted octanol–water partition coefficient (Wildman–Crippen LogP) is 3.08. The number of para-hydroxylation sites is 2. The third-order valence-electron chi connectivity index (χ3n) is 2.37. The monoisotopic (exact) mass is 310 g/mol. The van der Waals surface area contributed by atoms with Gasteiger partial charge in [-0.25, -0.2) is 14.8 Å². The van der Waals surface area contributed by atoms with Crippen molar-refractivity contribution in [3.63, 3.8) is 0 Å². The van der Waals surface area contributed by atoms with Gasteiger partial charge in [0, 0.05) is 0 Å². The molecule has 2 aromatic rings. The van der Waals surface area contributed by atoms with E-state index in [4.69, 9.17) is 21.1 Å². The molecule has 0 aliphatic rings. The molecule has 1 heterocycles. The first-order valence-electron chi connectivity index (χ1n) is 5.57. The Bertz CT molecular complexity index is 637. The molecule has 0 unspecified atom stereocenters. The van der Waals surface area contributed by atoms with Crippen molar-refractivity contribution in [3.8, 4) is 11.5 Å². The van der Waals surface area contributed by atoms with Gasteiger partial charge < -0.3 is 9.47 Å². The molecule has 104 valence electrons. The summed E-state index contributed by atoms with van der Waals surface area (Å²) in [5.74, 6) is 0.105. The Morgan fingerprint density at radius 1 is 1.30 bits per heavy atom. The van der Waals surface area contributed by atoms with Crippen LogP contribution in [0.15, 0.2) is 35.6 Å². The third-order valence-corrected chi connectivity index (χ3v) is 3.21. The minimum absolute atomic E-state index is 0.0249. The first-order chi connectivity index (χ1) is 9.65. The quantitative estimate of drug-likeness (QED) is 0.374. The van der Waals surface area contributed by atoms with E-state index in [1.807, 2.05) is 0 Å². The summed E-state index contributed by atoms with van der Waals surface area (Å²) in [4.78, 5) is 20.1. The molecule has 0 fully saturated rings. The molecule has 20 heavy (non-hydrogen) atoms. The van der Waals surface area contributed by atoms with Crippen molar-refractivity contribution in [2.75, 3.05) is 13.4 Å². The average molecular weight is 311 g/mol. The molecule has 0 saturated heterocycles. The van der Waals surface area contributed by atoms with Crippen molar-refractivity contribution in [1.82, 2.24) is 9.97 Å². The molecule has 0 radical (unpaired) electrons. The van der Waals surface area contributed by atoms with E-state index in [-0.39, 0.29) is 10.7 Å². The first kappa shape index (κ1) is 14.6. The lowest BCUT2D eigenvalue weighted by Gasteiger charge is -2.09. The molecule has 0 spiro atoms. The molecule has 0 saturated carbocycles. The molecule has 5 nitrogen and oxygen atoms in total. The molecule has 7 heteroatoms. The van der Waals surface area contributed by atoms with Gasteiger partial charge in [-0.15, -0.1) is 0 Å². The van der Waals surface area contributed by atoms with E-state index < -0.39 is 5.97 Å². The molecule has 0 aliphatic carbocycles. The van der Waals surface area contributed by atoms with Gasteiger partial charge in [0.2, 0.25) is 0 Å². The smallest absolute Gasteiger partial charge is 0.364 e. The number of esters is 1. The molecule has 0 amide bonds. The van der Waals surface area contributed by atoms with E-state index >= 15 is 0 Å². The van der Waals surface area contributed by atoms with Gasteiger partial charge in [0.25, 0.3) is 0 Å². The highest BCUT2D eigenvalue weighted by atomic mass is 35.5. The Hall–Kier alpha value is -1.79. The number of nitrogens with zero attached hydrogens (tertiary/aromatic N) is 2. The first-order valence-corrected chi connectivity index (χ1v) is 7.17. The number of carbonyl (C=O) groups excluding carboxylic acids is 1. The fraction of sp³-hybridized carbons (Fsp3) is 0.154.